The van der Waals surface area contributed by atoms with E-state index in [4.69, 9.17) is 0 Å². The van der Waals surface area contributed by atoms with Crippen molar-refractivity contribution in [3.63, 3.8) is 0 Å². The summed E-state index contributed by atoms with van der Waals surface area (Å²) in [5.74, 6) is -0.288. The quantitative estimate of drug-likeness (QED) is 0.273. The maximum Gasteiger partial charge on any atom is 0.318 e. The molecule has 1 fully saturated rings. The minimum absolute atomic E-state index is 0.243. The van der Waals surface area contributed by atoms with Crippen LogP contribution in [0.5, 0.6) is 0 Å². The zero-order valence-electron chi connectivity index (χ0n) is 22.7. The number of nitrogens with zero attached hydrogens (tertiary/aromatic N) is 2. The van der Waals surface area contributed by atoms with Gasteiger partial charge in [-0.15, -0.1) is 0 Å². The molecule has 0 aliphatic carbocycles. The Balaban J connectivity index is 1.34. The van der Waals surface area contributed by atoms with Crippen molar-refractivity contribution in [2.75, 3.05) is 38.6 Å². The lowest BCUT2D eigenvalue weighted by molar-refractivity contribution is -0.124. The molecule has 3 atom stereocenters. The van der Waals surface area contributed by atoms with Gasteiger partial charge in [0.25, 0.3) is 0 Å². The fourth-order valence-electron chi connectivity index (χ4n) is 4.73. The van der Waals surface area contributed by atoms with Gasteiger partial charge in [0.1, 0.15) is 6.04 Å². The molecule has 0 aromatic heterocycles. The number of hydrogen-bond donors (Lipinski definition) is 4. The van der Waals surface area contributed by atoms with E-state index in [0.717, 1.165) is 28.8 Å². The normalized spacial score (nSPS) is 16.4. The molecule has 3 aromatic rings. The number of aliphatic hydroxyl groups is 1. The summed E-state index contributed by atoms with van der Waals surface area (Å²) < 4.78 is 0. The summed E-state index contributed by atoms with van der Waals surface area (Å²) >= 11 is 0. The number of benzene rings is 3. The van der Waals surface area contributed by atoms with E-state index >= 15 is 0 Å². The molecule has 0 radical (unpaired) electrons. The monoisotopic (exact) mass is 529 g/mol. The molecule has 0 spiro atoms. The Morgan fingerprint density at radius 1 is 1.00 bits per heavy atom. The molecular formula is C31H39N5O3. The van der Waals surface area contributed by atoms with Crippen molar-refractivity contribution in [3.05, 3.63) is 102 Å². The fourth-order valence-corrected chi connectivity index (χ4v) is 4.73. The van der Waals surface area contributed by atoms with Crippen LogP contribution in [0.1, 0.15) is 16.7 Å². The second-order valence-corrected chi connectivity index (χ2v) is 10.3. The van der Waals surface area contributed by atoms with Crippen LogP contribution < -0.4 is 20.9 Å². The van der Waals surface area contributed by atoms with Crippen molar-refractivity contribution in [2.45, 2.75) is 37.6 Å². The highest BCUT2D eigenvalue weighted by Crippen LogP contribution is 2.14. The van der Waals surface area contributed by atoms with Crippen molar-refractivity contribution in [1.29, 1.82) is 0 Å². The van der Waals surface area contributed by atoms with Gasteiger partial charge in [-0.3, -0.25) is 4.79 Å². The number of carbonyl (C=O) groups is 2. The average molecular weight is 530 g/mol. The smallest absolute Gasteiger partial charge is 0.318 e. The van der Waals surface area contributed by atoms with Crippen molar-refractivity contribution in [2.24, 2.45) is 0 Å². The Bertz CT molecular complexity index is 1210. The third-order valence-corrected chi connectivity index (χ3v) is 7.02. The van der Waals surface area contributed by atoms with Crippen LogP contribution >= 0.6 is 0 Å². The van der Waals surface area contributed by atoms with Gasteiger partial charge < -0.3 is 30.9 Å². The van der Waals surface area contributed by atoms with Gasteiger partial charge in [0.2, 0.25) is 5.91 Å². The number of carbonyl (C=O) groups excluding carboxylic acids is 2. The Labute approximate surface area is 231 Å². The molecule has 1 saturated heterocycles. The van der Waals surface area contributed by atoms with E-state index in [1.54, 1.807) is 4.90 Å². The van der Waals surface area contributed by atoms with Crippen molar-refractivity contribution < 1.29 is 14.7 Å². The van der Waals surface area contributed by atoms with E-state index in [1.807, 2.05) is 97.9 Å². The highest BCUT2D eigenvalue weighted by Gasteiger charge is 2.35. The van der Waals surface area contributed by atoms with Gasteiger partial charge >= 0.3 is 6.03 Å². The van der Waals surface area contributed by atoms with Crippen LogP contribution in [0.15, 0.2) is 84.9 Å². The van der Waals surface area contributed by atoms with E-state index in [-0.39, 0.29) is 11.9 Å². The molecule has 8 nitrogen and oxygen atoms in total. The molecule has 206 valence electrons. The van der Waals surface area contributed by atoms with E-state index in [2.05, 4.69) is 22.0 Å². The van der Waals surface area contributed by atoms with Crippen molar-refractivity contribution in [1.82, 2.24) is 20.9 Å². The van der Waals surface area contributed by atoms with Crippen LogP contribution in [0.25, 0.3) is 0 Å². The van der Waals surface area contributed by atoms with E-state index in [1.165, 1.54) is 0 Å². The Kier molecular flexibility index (Phi) is 9.94. The van der Waals surface area contributed by atoms with Gasteiger partial charge in [-0.1, -0.05) is 72.8 Å². The van der Waals surface area contributed by atoms with E-state index in [9.17, 15) is 14.7 Å². The number of rotatable bonds is 13. The Hall–Kier alpha value is -3.88. The molecule has 0 saturated carbocycles. The van der Waals surface area contributed by atoms with Crippen LogP contribution in [-0.4, -0.2) is 73.9 Å². The number of aliphatic hydroxyl groups excluding tert-OH is 1. The topological polar surface area (TPSA) is 96.9 Å². The predicted octanol–water partition coefficient (Wildman–Crippen LogP) is 2.57. The van der Waals surface area contributed by atoms with Gasteiger partial charge in [-0.2, -0.15) is 0 Å². The van der Waals surface area contributed by atoms with Gasteiger partial charge in [0, 0.05) is 39.4 Å². The van der Waals surface area contributed by atoms with Gasteiger partial charge in [-0.05, 0) is 41.7 Å². The van der Waals surface area contributed by atoms with Crippen molar-refractivity contribution in [3.8, 4) is 0 Å². The molecule has 4 rings (SSSR count). The molecule has 1 aliphatic heterocycles. The number of amides is 3. The maximum absolute atomic E-state index is 13.2. The number of anilines is 1. The van der Waals surface area contributed by atoms with Crippen LogP contribution in [0.2, 0.25) is 0 Å². The maximum atomic E-state index is 13.2. The first-order chi connectivity index (χ1) is 18.9. The third kappa shape index (κ3) is 8.30. The van der Waals surface area contributed by atoms with Crippen LogP contribution in [0.4, 0.5) is 10.5 Å². The minimum atomic E-state index is -0.822. The Morgan fingerprint density at radius 3 is 2.36 bits per heavy atom. The second kappa shape index (κ2) is 13.8. The standard InChI is InChI=1S/C31H39N5O3/c1-35(2)26-15-9-14-25(18-26)20-32-21-29(37)27(19-24-12-7-4-8-13-24)33-30(38)28-22-36(31(39)34-28)17-16-23-10-5-3-6-11-23/h3-15,18,27-29,32,37H,16-17,19-22H2,1-2H3,(H,33,38)(H,34,39)/t27?,28-,29?/m0/s1. The van der Waals surface area contributed by atoms with Crippen molar-refractivity contribution >= 4 is 17.6 Å². The Morgan fingerprint density at radius 2 is 1.67 bits per heavy atom. The minimum Gasteiger partial charge on any atom is -0.390 e. The highest BCUT2D eigenvalue weighted by atomic mass is 16.3. The number of nitrogens with one attached hydrogen (secondary N) is 3. The molecule has 4 N–H and O–H groups in total. The molecule has 1 aliphatic rings. The van der Waals surface area contributed by atoms with E-state index in [0.29, 0.717) is 32.6 Å². The summed E-state index contributed by atoms with van der Waals surface area (Å²) in [4.78, 5) is 29.5. The van der Waals surface area contributed by atoms with Crippen LogP contribution in [0.3, 0.4) is 0 Å². The lowest BCUT2D eigenvalue weighted by atomic mass is 10.0. The molecule has 3 amide bonds. The van der Waals surface area contributed by atoms with Gasteiger partial charge in [-0.25, -0.2) is 4.79 Å². The summed E-state index contributed by atoms with van der Waals surface area (Å²) in [7, 11) is 4.00. The third-order valence-electron chi connectivity index (χ3n) is 7.02. The molecule has 39 heavy (non-hydrogen) atoms. The average Bonchev–Trinajstić information content (AvgIpc) is 3.33. The summed E-state index contributed by atoms with van der Waals surface area (Å²) in [5.41, 5.74) is 4.38. The van der Waals surface area contributed by atoms with E-state index < -0.39 is 18.2 Å². The van der Waals surface area contributed by atoms with Crippen LogP contribution in [0, 0.1) is 0 Å². The summed E-state index contributed by atoms with van der Waals surface area (Å²) in [6.07, 6.45) is 0.378. The molecule has 1 heterocycles. The highest BCUT2D eigenvalue weighted by molar-refractivity contribution is 5.90. The fraction of sp³-hybridized carbons (Fsp3) is 0.355. The lowest BCUT2D eigenvalue weighted by Crippen LogP contribution is -2.53. The summed E-state index contributed by atoms with van der Waals surface area (Å²) in [5, 5.41) is 20.3. The zero-order chi connectivity index (χ0) is 27.6. The summed E-state index contributed by atoms with van der Waals surface area (Å²) in [6, 6.07) is 26.5. The first-order valence-electron chi connectivity index (χ1n) is 13.5. The first kappa shape index (κ1) is 28.1. The molecule has 8 heteroatoms. The van der Waals surface area contributed by atoms with Gasteiger partial charge in [0.05, 0.1) is 18.7 Å². The molecular weight excluding hydrogens is 490 g/mol. The van der Waals surface area contributed by atoms with Gasteiger partial charge in [0.15, 0.2) is 0 Å². The largest absolute Gasteiger partial charge is 0.390 e. The molecule has 0 bridgehead atoms. The predicted molar refractivity (Wildman–Crippen MR) is 155 cm³/mol. The molecule has 2 unspecified atom stereocenters. The number of hydrogen-bond acceptors (Lipinski definition) is 5. The summed E-state index contributed by atoms with van der Waals surface area (Å²) in [6.45, 7) is 1.74. The zero-order valence-corrected chi connectivity index (χ0v) is 22.7. The molecule has 3 aromatic carbocycles. The number of urea groups is 1. The van der Waals surface area contributed by atoms with Crippen LogP contribution in [-0.2, 0) is 24.2 Å². The lowest BCUT2D eigenvalue weighted by Gasteiger charge is -2.26. The second-order valence-electron chi connectivity index (χ2n) is 10.3. The first-order valence-corrected chi connectivity index (χ1v) is 13.5. The SMILES string of the molecule is CN(C)c1cccc(CNCC(O)C(Cc2ccccc2)NC(=O)[C@@H]2CN(CCc3ccccc3)C(=O)N2)c1.